The molecule has 1 fully saturated rings. The van der Waals surface area contributed by atoms with Crippen LogP contribution in [0.5, 0.6) is 5.75 Å². The van der Waals surface area contributed by atoms with Crippen molar-refractivity contribution in [3.8, 4) is 5.75 Å². The summed E-state index contributed by atoms with van der Waals surface area (Å²) in [5, 5.41) is 20.4. The predicted molar refractivity (Wildman–Crippen MR) is 116 cm³/mol. The summed E-state index contributed by atoms with van der Waals surface area (Å²) in [4.78, 5) is 51.3. The van der Waals surface area contributed by atoms with Gasteiger partial charge in [0, 0.05) is 23.1 Å². The van der Waals surface area contributed by atoms with Gasteiger partial charge in [-0.2, -0.15) is 5.06 Å². The van der Waals surface area contributed by atoms with Crippen molar-refractivity contribution in [1.82, 2.24) is 5.06 Å². The van der Waals surface area contributed by atoms with Gasteiger partial charge in [-0.25, -0.2) is 0 Å². The van der Waals surface area contributed by atoms with Crippen molar-refractivity contribution in [1.29, 1.82) is 0 Å². The number of hydrogen-bond donors (Lipinski definition) is 2. The number of aromatic hydroxyl groups is 1. The summed E-state index contributed by atoms with van der Waals surface area (Å²) in [6.45, 7) is 3.53. The van der Waals surface area contributed by atoms with Crippen LogP contribution in [0.2, 0.25) is 0 Å². The van der Waals surface area contributed by atoms with E-state index in [0.29, 0.717) is 22.3 Å². The molecule has 32 heavy (non-hydrogen) atoms. The van der Waals surface area contributed by atoms with E-state index in [2.05, 4.69) is 15.9 Å². The van der Waals surface area contributed by atoms with E-state index >= 15 is 0 Å². The maximum Gasteiger partial charge on any atom is 0.257 e. The number of phenolic OH excluding ortho intramolecular Hbond substituents is 1. The fourth-order valence-corrected chi connectivity index (χ4v) is 6.17. The molecule has 2 N–H and O–H groups in total. The molecule has 0 aromatic heterocycles. The van der Waals surface area contributed by atoms with Crippen LogP contribution in [0, 0.1) is 31.6 Å². The summed E-state index contributed by atoms with van der Waals surface area (Å²) in [5.41, 5.74) is 3.53. The number of imide groups is 1. The minimum atomic E-state index is -0.782. The van der Waals surface area contributed by atoms with Gasteiger partial charge < -0.3 is 5.11 Å². The zero-order valence-corrected chi connectivity index (χ0v) is 19.0. The number of allylic oxidation sites excluding steroid dienone is 6. The Labute approximate surface area is 192 Å². The minimum Gasteiger partial charge on any atom is -0.507 e. The fraction of sp³-hybridized carbons (Fsp3) is 0.333. The summed E-state index contributed by atoms with van der Waals surface area (Å²) in [5.74, 6) is -4.25. The maximum atomic E-state index is 13.1. The summed E-state index contributed by atoms with van der Waals surface area (Å²) in [6, 6.07) is 3.58. The van der Waals surface area contributed by atoms with Gasteiger partial charge in [0.25, 0.3) is 11.8 Å². The van der Waals surface area contributed by atoms with Crippen molar-refractivity contribution >= 4 is 39.3 Å². The van der Waals surface area contributed by atoms with E-state index in [0.717, 1.165) is 11.1 Å². The topological polar surface area (TPSA) is 112 Å². The van der Waals surface area contributed by atoms with E-state index in [1.807, 2.05) is 6.08 Å². The van der Waals surface area contributed by atoms with Crippen molar-refractivity contribution in [2.24, 2.45) is 17.8 Å². The Morgan fingerprint density at radius 3 is 2.34 bits per heavy atom. The highest BCUT2D eigenvalue weighted by Crippen LogP contribution is 2.55. The zero-order valence-electron chi connectivity index (χ0n) is 17.4. The van der Waals surface area contributed by atoms with E-state index in [-0.39, 0.29) is 39.7 Å². The van der Waals surface area contributed by atoms with Gasteiger partial charge in [-0.15, -0.1) is 0 Å². The number of fused-ring (bicyclic) bond motifs is 3. The quantitative estimate of drug-likeness (QED) is 0.266. The lowest BCUT2D eigenvalue weighted by Crippen LogP contribution is -2.39. The van der Waals surface area contributed by atoms with Crippen molar-refractivity contribution in [3.63, 3.8) is 0 Å². The van der Waals surface area contributed by atoms with Crippen LogP contribution in [0.3, 0.4) is 0 Å². The van der Waals surface area contributed by atoms with Gasteiger partial charge in [0.2, 0.25) is 0 Å². The van der Waals surface area contributed by atoms with Crippen LogP contribution < -0.4 is 0 Å². The van der Waals surface area contributed by atoms with Crippen molar-refractivity contribution in [2.75, 3.05) is 0 Å². The number of rotatable bonds is 1. The highest BCUT2D eigenvalue weighted by Gasteiger charge is 2.56. The number of halogens is 1. The summed E-state index contributed by atoms with van der Waals surface area (Å²) in [7, 11) is 0. The molecular weight excluding hydrogens is 478 g/mol. The average Bonchev–Trinajstić information content (AvgIpc) is 2.98. The predicted octanol–water partition coefficient (Wildman–Crippen LogP) is 3.16. The number of Topliss-reactive ketones (excluding diaryl/α,β-unsaturated/α-hetero) is 1. The van der Waals surface area contributed by atoms with Gasteiger partial charge in [0.15, 0.2) is 11.6 Å². The van der Waals surface area contributed by atoms with Crippen LogP contribution in [0.15, 0.2) is 45.5 Å². The number of amides is 2. The van der Waals surface area contributed by atoms with Gasteiger partial charge in [-0.05, 0) is 65.2 Å². The van der Waals surface area contributed by atoms with Crippen molar-refractivity contribution < 1.29 is 29.5 Å². The second kappa shape index (κ2) is 7.08. The molecule has 164 valence electrons. The highest BCUT2D eigenvalue weighted by molar-refractivity contribution is 9.12. The Bertz CT molecular complexity index is 1220. The van der Waals surface area contributed by atoms with E-state index in [4.69, 9.17) is 0 Å². The van der Waals surface area contributed by atoms with Crippen LogP contribution in [0.4, 0.5) is 0 Å². The number of hydroxylamine groups is 2. The van der Waals surface area contributed by atoms with Gasteiger partial charge in [-0.3, -0.25) is 24.4 Å². The lowest BCUT2D eigenvalue weighted by atomic mass is 9.59. The number of ketones is 2. The molecule has 0 bridgehead atoms. The standard InChI is InChI=1S/C24H20BrNO6/c1-9-5-11(6-10(2)21(9)28)18-12-3-4-13-19(24(31)26(32)23(13)30)14(12)7-15-20(18)17(27)8-16(25)22(15)29/h3,5-6,8,13-14,18-19,28,32H,4,7H2,1-2H3. The average molecular weight is 498 g/mol. The number of carbonyl (C=O) groups excluding carboxylic acids is 4. The molecule has 7 nitrogen and oxygen atoms in total. The van der Waals surface area contributed by atoms with Crippen LogP contribution >= 0.6 is 15.9 Å². The van der Waals surface area contributed by atoms with Crippen LogP contribution in [0.1, 0.15) is 35.4 Å². The molecule has 1 aliphatic heterocycles. The molecule has 0 radical (unpaired) electrons. The number of nitrogens with zero attached hydrogens (tertiary/aromatic N) is 1. The Morgan fingerprint density at radius 1 is 1.03 bits per heavy atom. The van der Waals surface area contributed by atoms with E-state index < -0.39 is 35.5 Å². The molecule has 1 saturated heterocycles. The third-order valence-electron chi connectivity index (χ3n) is 7.15. The first-order valence-corrected chi connectivity index (χ1v) is 11.2. The van der Waals surface area contributed by atoms with E-state index in [9.17, 15) is 29.5 Å². The molecule has 0 saturated carbocycles. The smallest absolute Gasteiger partial charge is 0.257 e. The molecule has 0 spiro atoms. The van der Waals surface area contributed by atoms with Gasteiger partial charge in [-0.1, -0.05) is 23.8 Å². The molecule has 1 heterocycles. The molecule has 5 rings (SSSR count). The fourth-order valence-electron chi connectivity index (χ4n) is 5.73. The van der Waals surface area contributed by atoms with Crippen LogP contribution in [-0.2, 0) is 19.2 Å². The first-order chi connectivity index (χ1) is 15.1. The number of hydrogen-bond acceptors (Lipinski definition) is 6. The largest absolute Gasteiger partial charge is 0.507 e. The van der Waals surface area contributed by atoms with Crippen LogP contribution in [0.25, 0.3) is 0 Å². The Hall–Kier alpha value is -2.84. The number of phenols is 1. The minimum absolute atomic E-state index is 0.148. The third-order valence-corrected chi connectivity index (χ3v) is 7.74. The van der Waals surface area contributed by atoms with Crippen molar-refractivity contribution in [2.45, 2.75) is 32.6 Å². The molecule has 4 unspecified atom stereocenters. The monoisotopic (exact) mass is 497 g/mol. The van der Waals surface area contributed by atoms with E-state index in [1.165, 1.54) is 6.08 Å². The summed E-state index contributed by atoms with van der Waals surface area (Å²) >= 11 is 3.18. The Kier molecular flexibility index (Phi) is 4.65. The zero-order chi connectivity index (χ0) is 23.1. The molecule has 1 aromatic rings. The second-order valence-electron chi connectivity index (χ2n) is 8.89. The van der Waals surface area contributed by atoms with Crippen LogP contribution in [-0.4, -0.2) is 38.8 Å². The first kappa shape index (κ1) is 21.0. The molecule has 3 aliphatic carbocycles. The normalized spacial score (nSPS) is 29.6. The first-order valence-electron chi connectivity index (χ1n) is 10.4. The SMILES string of the molecule is Cc1cc(C2C3=CCC4C(=O)N(O)C(=O)C4C3CC3=C2C(=O)C=C(Br)C3=O)cc(C)c1O. The molecule has 4 atom stereocenters. The molecule has 1 aromatic carbocycles. The second-order valence-corrected chi connectivity index (χ2v) is 9.74. The number of carbonyl (C=O) groups is 4. The van der Waals surface area contributed by atoms with Crippen molar-refractivity contribution in [3.05, 3.63) is 62.2 Å². The van der Waals surface area contributed by atoms with Gasteiger partial charge in [0.05, 0.1) is 16.3 Å². The lowest BCUT2D eigenvalue weighted by Gasteiger charge is -2.42. The summed E-state index contributed by atoms with van der Waals surface area (Å²) < 4.78 is 0.162. The summed E-state index contributed by atoms with van der Waals surface area (Å²) in [6.07, 6.45) is 3.58. The third kappa shape index (κ3) is 2.75. The van der Waals surface area contributed by atoms with Gasteiger partial charge in [0.1, 0.15) is 5.75 Å². The maximum absolute atomic E-state index is 13.1. The number of aryl methyl sites for hydroxylation is 2. The molecule has 8 heteroatoms. The lowest BCUT2D eigenvalue weighted by molar-refractivity contribution is -0.173. The highest BCUT2D eigenvalue weighted by atomic mass is 79.9. The van der Waals surface area contributed by atoms with Gasteiger partial charge >= 0.3 is 0 Å². The molecular formula is C24H20BrNO6. The number of benzene rings is 1. The van der Waals surface area contributed by atoms with E-state index in [1.54, 1.807) is 26.0 Å². The Morgan fingerprint density at radius 2 is 1.69 bits per heavy atom. The molecule has 2 amide bonds. The molecule has 4 aliphatic rings. The Balaban J connectivity index is 1.74.